The first-order valence-electron chi connectivity index (χ1n) is 8.13. The fraction of sp³-hybridized carbons (Fsp3) is 0.529. The lowest BCUT2D eigenvalue weighted by Crippen LogP contribution is -2.39. The molecule has 0 radical (unpaired) electrons. The number of nitrogens with one attached hydrogen (secondary N) is 2. The van der Waals surface area contributed by atoms with Crippen LogP contribution in [-0.4, -0.2) is 47.5 Å². The maximum atomic E-state index is 12.4. The summed E-state index contributed by atoms with van der Waals surface area (Å²) in [5, 5.41) is 3.30. The third-order valence-corrected chi connectivity index (χ3v) is 4.41. The molecular formula is C17H25ClN4O. The van der Waals surface area contributed by atoms with Gasteiger partial charge in [0, 0.05) is 25.9 Å². The van der Waals surface area contributed by atoms with Crippen LogP contribution in [0.5, 0.6) is 0 Å². The highest BCUT2D eigenvalue weighted by atomic mass is 35.5. The van der Waals surface area contributed by atoms with Gasteiger partial charge in [0.05, 0.1) is 11.0 Å². The number of nitrogens with zero attached hydrogens (tertiary/aromatic N) is 2. The van der Waals surface area contributed by atoms with Crippen LogP contribution in [-0.2, 0) is 11.2 Å². The van der Waals surface area contributed by atoms with Gasteiger partial charge in [0.1, 0.15) is 5.82 Å². The molecule has 1 fully saturated rings. The Hall–Kier alpha value is -1.59. The van der Waals surface area contributed by atoms with Crippen LogP contribution in [0.1, 0.15) is 25.1 Å². The number of hydrogen-bond donors (Lipinski definition) is 2. The monoisotopic (exact) mass is 336 g/mol. The molecule has 0 atom stereocenters. The van der Waals surface area contributed by atoms with E-state index in [-0.39, 0.29) is 18.3 Å². The fourth-order valence-electron chi connectivity index (χ4n) is 3.10. The van der Waals surface area contributed by atoms with Crippen LogP contribution in [0.3, 0.4) is 0 Å². The van der Waals surface area contributed by atoms with Crippen molar-refractivity contribution >= 4 is 29.3 Å². The number of H-pyrrole nitrogens is 1. The summed E-state index contributed by atoms with van der Waals surface area (Å²) in [6, 6.07) is 8.06. The lowest BCUT2D eigenvalue weighted by atomic mass is 9.96. The molecule has 1 aromatic carbocycles. The van der Waals surface area contributed by atoms with Crippen LogP contribution < -0.4 is 5.32 Å². The smallest absolute Gasteiger partial charge is 0.225 e. The van der Waals surface area contributed by atoms with E-state index in [0.29, 0.717) is 5.91 Å². The number of benzene rings is 1. The number of halogens is 1. The van der Waals surface area contributed by atoms with Crippen LogP contribution in [0.2, 0.25) is 0 Å². The van der Waals surface area contributed by atoms with E-state index in [9.17, 15) is 4.79 Å². The first-order valence-corrected chi connectivity index (χ1v) is 8.13. The molecule has 1 aliphatic heterocycles. The normalized spacial score (nSPS) is 15.3. The molecule has 6 heteroatoms. The molecule has 2 N–H and O–H groups in total. The predicted molar refractivity (Wildman–Crippen MR) is 94.9 cm³/mol. The van der Waals surface area contributed by atoms with E-state index in [1.807, 2.05) is 36.2 Å². The van der Waals surface area contributed by atoms with Crippen LogP contribution in [0, 0.1) is 5.92 Å². The van der Waals surface area contributed by atoms with Crippen molar-refractivity contribution in [3.63, 3.8) is 0 Å². The number of aromatic amines is 1. The summed E-state index contributed by atoms with van der Waals surface area (Å²) in [6.45, 7) is 2.71. The number of rotatable bonds is 5. The Morgan fingerprint density at radius 2 is 2.04 bits per heavy atom. The Labute approximate surface area is 143 Å². The van der Waals surface area contributed by atoms with Gasteiger partial charge in [-0.15, -0.1) is 12.4 Å². The average molecular weight is 337 g/mol. The van der Waals surface area contributed by atoms with Crippen molar-refractivity contribution in [3.05, 3.63) is 30.1 Å². The molecule has 2 heterocycles. The summed E-state index contributed by atoms with van der Waals surface area (Å²) in [7, 11) is 1.92. The van der Waals surface area contributed by atoms with Gasteiger partial charge in [-0.25, -0.2) is 4.98 Å². The standard InChI is InChI=1S/C17H24N4O.ClH/c1-21(17(22)13-8-10-18-11-9-13)12-4-7-16-19-14-5-2-3-6-15(14)20-16;/h2-3,5-6,13,18H,4,7-12H2,1H3,(H,19,20);1H. The molecule has 0 unspecified atom stereocenters. The van der Waals surface area contributed by atoms with E-state index in [1.54, 1.807) is 0 Å². The summed E-state index contributed by atoms with van der Waals surface area (Å²) in [5.74, 6) is 1.51. The quantitative estimate of drug-likeness (QED) is 0.881. The van der Waals surface area contributed by atoms with Crippen molar-refractivity contribution in [1.29, 1.82) is 0 Å². The number of piperidine rings is 1. The molecule has 1 aromatic heterocycles. The van der Waals surface area contributed by atoms with Crippen LogP contribution >= 0.6 is 12.4 Å². The number of fused-ring (bicyclic) bond motifs is 1. The van der Waals surface area contributed by atoms with Crippen molar-refractivity contribution in [2.24, 2.45) is 5.92 Å². The summed E-state index contributed by atoms with van der Waals surface area (Å²) < 4.78 is 0. The predicted octanol–water partition coefficient (Wildman–Crippen LogP) is 2.38. The van der Waals surface area contributed by atoms with Gasteiger partial charge in [-0.05, 0) is 44.5 Å². The number of aryl methyl sites for hydroxylation is 1. The van der Waals surface area contributed by atoms with E-state index in [2.05, 4.69) is 15.3 Å². The van der Waals surface area contributed by atoms with Crippen molar-refractivity contribution in [2.75, 3.05) is 26.7 Å². The second-order valence-electron chi connectivity index (χ2n) is 6.09. The fourth-order valence-corrected chi connectivity index (χ4v) is 3.10. The lowest BCUT2D eigenvalue weighted by molar-refractivity contribution is -0.135. The topological polar surface area (TPSA) is 61.0 Å². The van der Waals surface area contributed by atoms with E-state index in [4.69, 9.17) is 0 Å². The Kier molecular flexibility index (Phi) is 6.42. The van der Waals surface area contributed by atoms with E-state index < -0.39 is 0 Å². The van der Waals surface area contributed by atoms with Gasteiger partial charge in [0.25, 0.3) is 0 Å². The molecule has 0 aliphatic carbocycles. The van der Waals surface area contributed by atoms with E-state index in [1.165, 1.54) is 0 Å². The van der Waals surface area contributed by atoms with Gasteiger partial charge in [-0.2, -0.15) is 0 Å². The van der Waals surface area contributed by atoms with Crippen molar-refractivity contribution in [3.8, 4) is 0 Å². The Bertz CT molecular complexity index is 603. The highest BCUT2D eigenvalue weighted by molar-refractivity contribution is 5.85. The molecule has 126 valence electrons. The second-order valence-corrected chi connectivity index (χ2v) is 6.09. The number of para-hydroxylation sites is 2. The number of hydrogen-bond acceptors (Lipinski definition) is 3. The third kappa shape index (κ3) is 4.45. The molecule has 0 bridgehead atoms. The highest BCUT2D eigenvalue weighted by Gasteiger charge is 2.23. The first kappa shape index (κ1) is 17.8. The van der Waals surface area contributed by atoms with Gasteiger partial charge >= 0.3 is 0 Å². The third-order valence-electron chi connectivity index (χ3n) is 4.41. The zero-order valence-electron chi connectivity index (χ0n) is 13.5. The zero-order valence-corrected chi connectivity index (χ0v) is 14.4. The van der Waals surface area contributed by atoms with Crippen molar-refractivity contribution in [2.45, 2.75) is 25.7 Å². The largest absolute Gasteiger partial charge is 0.346 e. The molecule has 3 rings (SSSR count). The van der Waals surface area contributed by atoms with Crippen molar-refractivity contribution < 1.29 is 4.79 Å². The summed E-state index contributed by atoms with van der Waals surface area (Å²) >= 11 is 0. The maximum absolute atomic E-state index is 12.4. The van der Waals surface area contributed by atoms with E-state index in [0.717, 1.165) is 62.2 Å². The Morgan fingerprint density at radius 1 is 1.30 bits per heavy atom. The molecule has 23 heavy (non-hydrogen) atoms. The zero-order chi connectivity index (χ0) is 15.4. The Morgan fingerprint density at radius 3 is 2.78 bits per heavy atom. The summed E-state index contributed by atoms with van der Waals surface area (Å²) in [5.41, 5.74) is 2.09. The van der Waals surface area contributed by atoms with Crippen LogP contribution in [0.25, 0.3) is 11.0 Å². The number of carbonyl (C=O) groups is 1. The molecule has 5 nitrogen and oxygen atoms in total. The molecule has 1 aliphatic rings. The molecule has 1 saturated heterocycles. The average Bonchev–Trinajstić information content (AvgIpc) is 2.97. The number of amides is 1. The van der Waals surface area contributed by atoms with Crippen molar-refractivity contribution in [1.82, 2.24) is 20.2 Å². The minimum Gasteiger partial charge on any atom is -0.346 e. The molecule has 0 spiro atoms. The molecular weight excluding hydrogens is 312 g/mol. The highest BCUT2D eigenvalue weighted by Crippen LogP contribution is 2.15. The first-order chi connectivity index (χ1) is 10.7. The van der Waals surface area contributed by atoms with Gasteiger partial charge in [0.15, 0.2) is 0 Å². The summed E-state index contributed by atoms with van der Waals surface area (Å²) in [4.78, 5) is 22.2. The second kappa shape index (κ2) is 8.31. The van der Waals surface area contributed by atoms with E-state index >= 15 is 0 Å². The van der Waals surface area contributed by atoms with Gasteiger partial charge in [0.2, 0.25) is 5.91 Å². The lowest BCUT2D eigenvalue weighted by Gasteiger charge is -2.26. The Balaban J connectivity index is 0.00000192. The van der Waals surface area contributed by atoms with Gasteiger partial charge < -0.3 is 15.2 Å². The van der Waals surface area contributed by atoms with Crippen LogP contribution in [0.15, 0.2) is 24.3 Å². The molecule has 0 saturated carbocycles. The number of imidazole rings is 1. The summed E-state index contributed by atoms with van der Waals surface area (Å²) in [6.07, 6.45) is 3.74. The number of carbonyl (C=O) groups excluding carboxylic acids is 1. The van der Waals surface area contributed by atoms with Crippen LogP contribution in [0.4, 0.5) is 0 Å². The minimum atomic E-state index is 0. The molecule has 2 aromatic rings. The minimum absolute atomic E-state index is 0. The maximum Gasteiger partial charge on any atom is 0.225 e. The van der Waals surface area contributed by atoms with Gasteiger partial charge in [-0.3, -0.25) is 4.79 Å². The number of aromatic nitrogens is 2. The SMILES string of the molecule is CN(CCCc1nc2ccccc2[nH]1)C(=O)C1CCNCC1.Cl. The molecule has 1 amide bonds. The van der Waals surface area contributed by atoms with Gasteiger partial charge in [-0.1, -0.05) is 12.1 Å².